The summed E-state index contributed by atoms with van der Waals surface area (Å²) in [4.78, 5) is 48.9. The second-order valence-corrected chi connectivity index (χ2v) is 11.7. The molecule has 0 aromatic carbocycles. The number of hydrogen-bond donors (Lipinski definition) is 3. The van der Waals surface area contributed by atoms with Crippen LogP contribution in [-0.4, -0.2) is 66.8 Å². The van der Waals surface area contributed by atoms with E-state index in [1.54, 1.807) is 62.3 Å². The minimum absolute atomic E-state index is 0.110. The fraction of sp³-hybridized carbons (Fsp3) is 0.840. The molecule has 0 rings (SSSR count). The molecule has 3 amide bonds. The van der Waals surface area contributed by atoms with Gasteiger partial charge in [-0.15, -0.1) is 0 Å². The molecule has 11 heteroatoms. The third kappa shape index (κ3) is 17.7. The zero-order valence-corrected chi connectivity index (χ0v) is 23.7. The fourth-order valence-electron chi connectivity index (χ4n) is 3.20. The van der Waals surface area contributed by atoms with Gasteiger partial charge in [-0.05, 0) is 88.0 Å². The van der Waals surface area contributed by atoms with Gasteiger partial charge in [0, 0.05) is 13.1 Å². The number of ether oxygens (including phenoxy) is 4. The van der Waals surface area contributed by atoms with Crippen molar-refractivity contribution in [2.24, 2.45) is 0 Å². The van der Waals surface area contributed by atoms with Crippen molar-refractivity contribution in [3.63, 3.8) is 0 Å². The van der Waals surface area contributed by atoms with Crippen molar-refractivity contribution < 1.29 is 38.1 Å². The average molecular weight is 518 g/mol. The van der Waals surface area contributed by atoms with Crippen LogP contribution >= 0.6 is 0 Å². The zero-order valence-electron chi connectivity index (χ0n) is 23.7. The lowest BCUT2D eigenvalue weighted by atomic mass is 9.84. The molecule has 0 heterocycles. The number of carbonyl (C=O) groups excluding carboxylic acids is 4. The Labute approximate surface area is 215 Å². The van der Waals surface area contributed by atoms with Crippen molar-refractivity contribution in [1.29, 1.82) is 0 Å². The highest BCUT2D eigenvalue weighted by Crippen LogP contribution is 2.26. The van der Waals surface area contributed by atoms with Gasteiger partial charge in [-0.3, -0.25) is 4.79 Å². The van der Waals surface area contributed by atoms with Crippen LogP contribution < -0.4 is 16.0 Å². The van der Waals surface area contributed by atoms with Gasteiger partial charge in [0.15, 0.2) is 0 Å². The quantitative estimate of drug-likeness (QED) is 0.208. The van der Waals surface area contributed by atoms with E-state index in [9.17, 15) is 19.2 Å². The van der Waals surface area contributed by atoms with Crippen molar-refractivity contribution in [2.75, 3.05) is 20.2 Å². The third-order valence-electron chi connectivity index (χ3n) is 4.48. The van der Waals surface area contributed by atoms with Crippen LogP contribution in [0.5, 0.6) is 0 Å². The maximum Gasteiger partial charge on any atom is 0.408 e. The summed E-state index contributed by atoms with van der Waals surface area (Å²) in [6, 6.07) is 0. The van der Waals surface area contributed by atoms with Crippen molar-refractivity contribution in [2.45, 2.75) is 117 Å². The minimum atomic E-state index is -1.03. The normalized spacial score (nSPS) is 12.3. The van der Waals surface area contributed by atoms with E-state index in [0.29, 0.717) is 25.7 Å². The summed E-state index contributed by atoms with van der Waals surface area (Å²) in [5.74, 6) is -0.508. The van der Waals surface area contributed by atoms with Crippen LogP contribution in [0.2, 0.25) is 0 Å². The Morgan fingerprint density at radius 2 is 0.972 bits per heavy atom. The van der Waals surface area contributed by atoms with E-state index in [0.717, 1.165) is 0 Å². The fourth-order valence-corrected chi connectivity index (χ4v) is 3.20. The molecule has 0 saturated carbocycles. The molecule has 0 saturated heterocycles. The second kappa shape index (κ2) is 14.1. The smallest absolute Gasteiger partial charge is 0.408 e. The van der Waals surface area contributed by atoms with Gasteiger partial charge >= 0.3 is 24.2 Å². The Balaban J connectivity index is 5.40. The predicted molar refractivity (Wildman–Crippen MR) is 136 cm³/mol. The van der Waals surface area contributed by atoms with Gasteiger partial charge in [-0.2, -0.15) is 0 Å². The summed E-state index contributed by atoms with van der Waals surface area (Å²) < 4.78 is 20.8. The maximum absolute atomic E-state index is 12.7. The topological polar surface area (TPSA) is 141 Å². The SMILES string of the molecule is COC(=O)CC(CCCNC(=O)OC(C)(C)C)(CCCNC(=O)OC(C)(C)C)NC(=O)OC(C)(C)C. The number of hydrogen-bond acceptors (Lipinski definition) is 8. The molecule has 3 N–H and O–H groups in total. The number of esters is 1. The van der Waals surface area contributed by atoms with Gasteiger partial charge in [-0.1, -0.05) is 0 Å². The molecule has 0 aliphatic carbocycles. The van der Waals surface area contributed by atoms with Gasteiger partial charge in [0.05, 0.1) is 19.1 Å². The minimum Gasteiger partial charge on any atom is -0.469 e. The van der Waals surface area contributed by atoms with Crippen LogP contribution in [0.4, 0.5) is 14.4 Å². The first-order valence-electron chi connectivity index (χ1n) is 12.3. The van der Waals surface area contributed by atoms with E-state index < -0.39 is 46.6 Å². The van der Waals surface area contributed by atoms with Gasteiger partial charge < -0.3 is 34.9 Å². The molecule has 11 nitrogen and oxygen atoms in total. The predicted octanol–water partition coefficient (Wildman–Crippen LogP) is 4.42. The zero-order chi connectivity index (χ0) is 28.2. The van der Waals surface area contributed by atoms with Crippen LogP contribution in [-0.2, 0) is 23.7 Å². The van der Waals surface area contributed by atoms with Crippen LogP contribution in [0, 0.1) is 0 Å². The Bertz CT molecular complexity index is 697. The standard InChI is InChI=1S/C25H47N3O8/c1-22(2,3)34-19(30)26-15-11-13-25(17-18(29)33-10,28-21(32)36-24(7,8)9)14-12-16-27-20(31)35-23(4,5)6/h11-17H2,1-10H3,(H,26,30)(H,27,31)(H,28,32). The highest BCUT2D eigenvalue weighted by atomic mass is 16.6. The Morgan fingerprint density at radius 3 is 1.31 bits per heavy atom. The number of amides is 3. The summed E-state index contributed by atoms with van der Waals surface area (Å²) in [6.07, 6.45) is -0.344. The molecule has 0 aromatic heterocycles. The first kappa shape index (κ1) is 33.3. The van der Waals surface area contributed by atoms with E-state index >= 15 is 0 Å². The molecule has 0 atom stereocenters. The number of nitrogens with one attached hydrogen (secondary N) is 3. The van der Waals surface area contributed by atoms with E-state index in [4.69, 9.17) is 18.9 Å². The molecule has 0 aliphatic heterocycles. The molecular weight excluding hydrogens is 470 g/mol. The maximum atomic E-state index is 12.7. The molecule has 0 radical (unpaired) electrons. The molecule has 0 aliphatic rings. The molecule has 0 spiro atoms. The molecule has 36 heavy (non-hydrogen) atoms. The summed E-state index contributed by atoms with van der Waals surface area (Å²) >= 11 is 0. The van der Waals surface area contributed by atoms with Crippen molar-refractivity contribution in [3.05, 3.63) is 0 Å². The van der Waals surface area contributed by atoms with Gasteiger partial charge in [0.1, 0.15) is 16.8 Å². The number of methoxy groups -OCH3 is 1. The monoisotopic (exact) mass is 517 g/mol. The number of carbonyl (C=O) groups is 4. The van der Waals surface area contributed by atoms with Crippen molar-refractivity contribution >= 4 is 24.2 Å². The van der Waals surface area contributed by atoms with Gasteiger partial charge in [0.2, 0.25) is 0 Å². The lowest BCUT2D eigenvalue weighted by Gasteiger charge is -2.35. The third-order valence-corrected chi connectivity index (χ3v) is 4.48. The van der Waals surface area contributed by atoms with Crippen molar-refractivity contribution in [1.82, 2.24) is 16.0 Å². The van der Waals surface area contributed by atoms with Crippen molar-refractivity contribution in [3.8, 4) is 0 Å². The molecule has 0 unspecified atom stereocenters. The highest BCUT2D eigenvalue weighted by molar-refractivity contribution is 5.74. The lowest BCUT2D eigenvalue weighted by molar-refractivity contribution is -0.142. The number of alkyl carbamates (subject to hydrolysis) is 3. The molecule has 0 bridgehead atoms. The van der Waals surface area contributed by atoms with E-state index in [1.165, 1.54) is 7.11 Å². The van der Waals surface area contributed by atoms with Gasteiger partial charge in [-0.25, -0.2) is 14.4 Å². The molecular formula is C25H47N3O8. The van der Waals surface area contributed by atoms with Crippen LogP contribution in [0.25, 0.3) is 0 Å². The molecule has 0 aromatic rings. The Hall–Kier alpha value is -2.72. The Morgan fingerprint density at radius 1 is 0.611 bits per heavy atom. The summed E-state index contributed by atoms with van der Waals surface area (Å²) in [5.41, 5.74) is -3.02. The number of rotatable bonds is 11. The first-order chi connectivity index (χ1) is 16.3. The van der Waals surface area contributed by atoms with E-state index in [1.807, 2.05) is 0 Å². The summed E-state index contributed by atoms with van der Waals surface area (Å²) in [6.45, 7) is 16.4. The van der Waals surface area contributed by atoms with E-state index in [2.05, 4.69) is 16.0 Å². The van der Waals surface area contributed by atoms with Crippen LogP contribution in [0.1, 0.15) is 94.4 Å². The summed E-state index contributed by atoms with van der Waals surface area (Å²) in [5, 5.41) is 8.21. The summed E-state index contributed by atoms with van der Waals surface area (Å²) in [7, 11) is 1.27. The van der Waals surface area contributed by atoms with E-state index in [-0.39, 0.29) is 19.5 Å². The average Bonchev–Trinajstić information content (AvgIpc) is 2.64. The van der Waals surface area contributed by atoms with Crippen LogP contribution in [0.3, 0.4) is 0 Å². The molecule has 0 fully saturated rings. The lowest BCUT2D eigenvalue weighted by Crippen LogP contribution is -2.52. The van der Waals surface area contributed by atoms with Gasteiger partial charge in [0.25, 0.3) is 0 Å². The molecule has 210 valence electrons. The second-order valence-electron chi connectivity index (χ2n) is 11.7. The largest absolute Gasteiger partial charge is 0.469 e. The first-order valence-corrected chi connectivity index (χ1v) is 12.3. The highest BCUT2D eigenvalue weighted by Gasteiger charge is 2.36. The van der Waals surface area contributed by atoms with Crippen LogP contribution in [0.15, 0.2) is 0 Å². The Kier molecular flexibility index (Phi) is 13.1.